The van der Waals surface area contributed by atoms with Gasteiger partial charge in [-0.1, -0.05) is 79.6 Å². The number of hydrogen-bond donors (Lipinski definition) is 0. The van der Waals surface area contributed by atoms with Crippen molar-refractivity contribution >= 4 is 50.6 Å². The summed E-state index contributed by atoms with van der Waals surface area (Å²) in [5.41, 5.74) is 8.06. The standard InChI is InChI=1S/C40H32N4S.Pt/c1-27(2)32-13-4-5-14-33(32)28-21-22-41-40(23-28)44-36-16-7-6-15-34(36)35-20-19-31(25-39(35)44)45-30-12-10-11-29(24-30)43-26-42(3)37-17-8-9-18-38(37)43;/h4-23,27H,26H2,1-3H3;/q-2;+2/i3D3;. The fourth-order valence-electron chi connectivity index (χ4n) is 6.34. The number of fused-ring (bicyclic) bond motifs is 4. The molecule has 46 heavy (non-hydrogen) atoms. The van der Waals surface area contributed by atoms with E-state index in [0.29, 0.717) is 11.6 Å². The molecule has 0 fully saturated rings. The molecule has 0 unspecified atom stereocenters. The van der Waals surface area contributed by atoms with Crippen LogP contribution in [0.2, 0.25) is 0 Å². The third-order valence-electron chi connectivity index (χ3n) is 8.44. The van der Waals surface area contributed by atoms with Crippen LogP contribution in [0.3, 0.4) is 0 Å². The molecule has 4 nitrogen and oxygen atoms in total. The first-order valence-corrected chi connectivity index (χ1v) is 15.9. The normalized spacial score (nSPS) is 13.8. The fourth-order valence-corrected chi connectivity index (χ4v) is 7.16. The largest absolute Gasteiger partial charge is 2.00 e. The SMILES string of the molecule is [2H]C([2H])([2H])N1CN(c2[c-]c(Sc3[c-]c4c(cc3)c3ccccc3n4-c3cc(-c4ccccc4C(C)C)ccn3)ccc2)c2ccccc21.[Pt+2]. The quantitative estimate of drug-likeness (QED) is 0.157. The van der Waals surface area contributed by atoms with E-state index in [0.717, 1.165) is 54.4 Å². The zero-order valence-corrected chi connectivity index (χ0v) is 28.4. The molecule has 0 saturated carbocycles. The van der Waals surface area contributed by atoms with Gasteiger partial charge in [-0.3, -0.25) is 0 Å². The zero-order valence-electron chi connectivity index (χ0n) is 28.3. The maximum Gasteiger partial charge on any atom is 2.00 e. The summed E-state index contributed by atoms with van der Waals surface area (Å²) < 4.78 is 26.4. The van der Waals surface area contributed by atoms with Crippen molar-refractivity contribution in [2.75, 3.05) is 23.4 Å². The zero-order chi connectivity index (χ0) is 33.0. The van der Waals surface area contributed by atoms with Crippen molar-refractivity contribution in [3.63, 3.8) is 0 Å². The van der Waals surface area contributed by atoms with E-state index in [1.165, 1.54) is 16.0 Å². The molecule has 0 amide bonds. The third kappa shape index (κ3) is 5.32. The van der Waals surface area contributed by atoms with Gasteiger partial charge in [0.25, 0.3) is 0 Å². The predicted molar refractivity (Wildman–Crippen MR) is 188 cm³/mol. The first-order chi connectivity index (χ1) is 23.3. The van der Waals surface area contributed by atoms with Gasteiger partial charge < -0.3 is 14.4 Å². The number of nitrogens with zero attached hydrogens (tertiary/aromatic N) is 4. The fraction of sp³-hybridized carbons (Fsp3) is 0.125. The summed E-state index contributed by atoms with van der Waals surface area (Å²) in [6, 6.07) is 46.4. The molecule has 6 heteroatoms. The first-order valence-electron chi connectivity index (χ1n) is 16.6. The minimum Gasteiger partial charge on any atom is -0.355 e. The van der Waals surface area contributed by atoms with E-state index in [1.54, 1.807) is 11.8 Å². The Labute approximate surface area is 293 Å². The van der Waals surface area contributed by atoms with Gasteiger partial charge in [-0.25, -0.2) is 4.98 Å². The summed E-state index contributed by atoms with van der Waals surface area (Å²) in [4.78, 5) is 10.2. The van der Waals surface area contributed by atoms with Gasteiger partial charge in [0.2, 0.25) is 0 Å². The molecule has 0 spiro atoms. The van der Waals surface area contributed by atoms with Gasteiger partial charge in [0.15, 0.2) is 0 Å². The topological polar surface area (TPSA) is 24.3 Å². The molecular weight excluding hydrogens is 764 g/mol. The monoisotopic (exact) mass is 798 g/mol. The number of aromatic nitrogens is 2. The van der Waals surface area contributed by atoms with Crippen LogP contribution in [0.5, 0.6) is 0 Å². The molecule has 1 aliphatic heterocycles. The molecular formula is C40H32N4PtS. The number of rotatable bonds is 6. The van der Waals surface area contributed by atoms with Crippen molar-refractivity contribution in [2.45, 2.75) is 29.6 Å². The minimum absolute atomic E-state index is 0. The van der Waals surface area contributed by atoms with Crippen LogP contribution in [0, 0.1) is 12.1 Å². The van der Waals surface area contributed by atoms with Crippen LogP contribution in [0.4, 0.5) is 17.1 Å². The Morgan fingerprint density at radius 3 is 2.43 bits per heavy atom. The van der Waals surface area contributed by atoms with Gasteiger partial charge in [0, 0.05) is 22.8 Å². The second kappa shape index (κ2) is 12.5. The van der Waals surface area contributed by atoms with Gasteiger partial charge in [-0.2, -0.15) is 24.3 Å². The minimum atomic E-state index is -2.24. The molecule has 0 radical (unpaired) electrons. The molecule has 228 valence electrons. The van der Waals surface area contributed by atoms with Crippen molar-refractivity contribution in [2.24, 2.45) is 0 Å². The average Bonchev–Trinajstić information content (AvgIpc) is 3.65. The van der Waals surface area contributed by atoms with E-state index in [9.17, 15) is 0 Å². The molecule has 0 bridgehead atoms. The smallest absolute Gasteiger partial charge is 0.355 e. The van der Waals surface area contributed by atoms with E-state index in [1.807, 2.05) is 53.6 Å². The average molecular weight is 799 g/mol. The summed E-state index contributed by atoms with van der Waals surface area (Å²) in [5, 5.41) is 2.26. The van der Waals surface area contributed by atoms with E-state index in [2.05, 4.69) is 103 Å². The summed E-state index contributed by atoms with van der Waals surface area (Å²) in [6.07, 6.45) is 1.89. The Balaban J connectivity index is 0.00000378. The molecule has 0 aliphatic carbocycles. The summed E-state index contributed by atoms with van der Waals surface area (Å²) in [7, 11) is 0. The maximum atomic E-state index is 8.08. The number of para-hydroxylation sites is 3. The molecule has 0 atom stereocenters. The van der Waals surface area contributed by atoms with Gasteiger partial charge in [0.1, 0.15) is 5.82 Å². The van der Waals surface area contributed by atoms with Crippen molar-refractivity contribution in [3.8, 4) is 16.9 Å². The van der Waals surface area contributed by atoms with Crippen molar-refractivity contribution in [3.05, 3.63) is 139 Å². The molecule has 8 rings (SSSR count). The summed E-state index contributed by atoms with van der Waals surface area (Å²) in [5.74, 6) is 1.24. The van der Waals surface area contributed by atoms with Crippen LogP contribution < -0.4 is 9.80 Å². The Bertz CT molecular complexity index is 2320. The Morgan fingerprint density at radius 2 is 1.57 bits per heavy atom. The van der Waals surface area contributed by atoms with Gasteiger partial charge in [-0.15, -0.1) is 45.1 Å². The molecule has 2 aromatic heterocycles. The number of anilines is 3. The van der Waals surface area contributed by atoms with Crippen LogP contribution in [0.25, 0.3) is 38.8 Å². The number of benzene rings is 5. The van der Waals surface area contributed by atoms with Gasteiger partial charge in [0.05, 0.1) is 18.0 Å². The van der Waals surface area contributed by atoms with Crippen LogP contribution in [-0.2, 0) is 21.1 Å². The van der Waals surface area contributed by atoms with Crippen molar-refractivity contribution < 1.29 is 25.2 Å². The van der Waals surface area contributed by atoms with Gasteiger partial charge in [-0.05, 0) is 58.3 Å². The molecule has 5 aromatic carbocycles. The van der Waals surface area contributed by atoms with E-state index >= 15 is 0 Å². The second-order valence-electron chi connectivity index (χ2n) is 11.6. The van der Waals surface area contributed by atoms with Crippen LogP contribution in [-0.4, -0.2) is 23.2 Å². The molecule has 1 aliphatic rings. The van der Waals surface area contributed by atoms with E-state index < -0.39 is 6.98 Å². The number of pyridine rings is 1. The van der Waals surface area contributed by atoms with Gasteiger partial charge >= 0.3 is 21.1 Å². The summed E-state index contributed by atoms with van der Waals surface area (Å²) in [6.45, 7) is 2.44. The predicted octanol–water partition coefficient (Wildman–Crippen LogP) is 10.3. The Hall–Kier alpha value is -4.31. The molecule has 0 N–H and O–H groups in total. The second-order valence-corrected chi connectivity index (χ2v) is 12.7. The Morgan fingerprint density at radius 1 is 0.783 bits per heavy atom. The maximum absolute atomic E-state index is 8.08. The molecule has 0 saturated heterocycles. The summed E-state index contributed by atoms with van der Waals surface area (Å²) >= 11 is 1.59. The van der Waals surface area contributed by atoms with Crippen molar-refractivity contribution in [1.29, 1.82) is 0 Å². The van der Waals surface area contributed by atoms with Crippen molar-refractivity contribution in [1.82, 2.24) is 9.55 Å². The number of hydrogen-bond acceptors (Lipinski definition) is 4. The first kappa shape index (κ1) is 26.9. The van der Waals surface area contributed by atoms with Crippen LogP contribution in [0.15, 0.2) is 131 Å². The van der Waals surface area contributed by atoms with Crippen LogP contribution in [0.1, 0.15) is 29.4 Å². The molecule has 3 heterocycles. The molecule has 7 aromatic rings. The Kier molecular flexibility index (Phi) is 7.28. The van der Waals surface area contributed by atoms with E-state index in [-0.39, 0.29) is 27.7 Å². The third-order valence-corrected chi connectivity index (χ3v) is 9.35. The van der Waals surface area contributed by atoms with Crippen LogP contribution >= 0.6 is 11.8 Å². The van der Waals surface area contributed by atoms with E-state index in [4.69, 9.17) is 9.10 Å².